The molecule has 0 aliphatic carbocycles. The summed E-state index contributed by atoms with van der Waals surface area (Å²) in [5, 5.41) is 0.263. The molecule has 1 aromatic carbocycles. The lowest BCUT2D eigenvalue weighted by Crippen LogP contribution is -2.31. The van der Waals surface area contributed by atoms with Crippen LogP contribution in [0.4, 0.5) is 5.69 Å². The lowest BCUT2D eigenvalue weighted by molar-refractivity contribution is -0.121. The van der Waals surface area contributed by atoms with Gasteiger partial charge in [-0.1, -0.05) is 97.0 Å². The van der Waals surface area contributed by atoms with Crippen molar-refractivity contribution in [2.45, 2.75) is 121 Å². The molecule has 0 radical (unpaired) electrons. The van der Waals surface area contributed by atoms with E-state index < -0.39 is 0 Å². The summed E-state index contributed by atoms with van der Waals surface area (Å²) in [6.45, 7) is 8.95. The number of rotatable bonds is 15. The molecular weight excluding hydrogens is 413 g/mol. The number of anilines is 1. The van der Waals surface area contributed by atoms with Crippen molar-refractivity contribution in [3.05, 3.63) is 29.8 Å². The van der Waals surface area contributed by atoms with Crippen LogP contribution in [0.1, 0.15) is 110 Å². The van der Waals surface area contributed by atoms with E-state index in [2.05, 4.69) is 47.7 Å². The molecule has 178 valence electrons. The predicted molar refractivity (Wildman–Crippen MR) is 143 cm³/mol. The topological polar surface area (TPSA) is 37.4 Å². The fraction of sp³-hybridized carbons (Fsp3) is 0.704. The number of benzene rings is 1. The zero-order chi connectivity index (χ0) is 23.5. The van der Waals surface area contributed by atoms with Gasteiger partial charge in [0.2, 0.25) is 11.8 Å². The van der Waals surface area contributed by atoms with Crippen LogP contribution in [0.5, 0.6) is 0 Å². The van der Waals surface area contributed by atoms with E-state index in [-0.39, 0.29) is 17.1 Å². The van der Waals surface area contributed by atoms with Gasteiger partial charge in [-0.05, 0) is 36.5 Å². The first kappa shape index (κ1) is 27.0. The van der Waals surface area contributed by atoms with E-state index in [0.29, 0.717) is 23.4 Å². The standard InChI is InChI=1S/C27H44BNO2S/c1-5-7-9-11-13-24(12-10-8-6-2)32-25-19-26(30)29(27(25)31)23-16-14-22(15-17-23)20(3)18-21(4)28/h14-17,20-21,24-25H,5-13,18-19,28H2,1-4H3. The third-order valence-corrected chi connectivity index (χ3v) is 8.07. The Morgan fingerprint density at radius 2 is 1.56 bits per heavy atom. The van der Waals surface area contributed by atoms with E-state index in [9.17, 15) is 9.59 Å². The number of amides is 2. The molecule has 1 heterocycles. The van der Waals surface area contributed by atoms with Crippen LogP contribution in [0.25, 0.3) is 0 Å². The van der Waals surface area contributed by atoms with E-state index in [1.54, 1.807) is 11.8 Å². The predicted octanol–water partition coefficient (Wildman–Crippen LogP) is 6.91. The third-order valence-electron chi connectivity index (χ3n) is 6.52. The molecule has 1 aliphatic heterocycles. The van der Waals surface area contributed by atoms with Crippen molar-refractivity contribution in [2.24, 2.45) is 0 Å². The highest BCUT2D eigenvalue weighted by molar-refractivity contribution is 8.01. The van der Waals surface area contributed by atoms with Crippen LogP contribution in [-0.2, 0) is 9.59 Å². The molecule has 5 heteroatoms. The molecule has 1 aliphatic rings. The molecule has 1 fully saturated rings. The van der Waals surface area contributed by atoms with Crippen molar-refractivity contribution < 1.29 is 9.59 Å². The van der Waals surface area contributed by atoms with E-state index >= 15 is 0 Å². The van der Waals surface area contributed by atoms with Gasteiger partial charge in [0.25, 0.3) is 0 Å². The SMILES string of the molecule is BC(C)CC(C)c1ccc(N2C(=O)CC(SC(CCCCC)CCCCCC)C2=O)cc1. The summed E-state index contributed by atoms with van der Waals surface area (Å²) in [6.07, 6.45) is 12.5. The van der Waals surface area contributed by atoms with Crippen molar-refractivity contribution in [3.8, 4) is 0 Å². The van der Waals surface area contributed by atoms with Crippen LogP contribution in [0.2, 0.25) is 5.82 Å². The minimum atomic E-state index is -0.222. The van der Waals surface area contributed by atoms with Crippen molar-refractivity contribution >= 4 is 37.1 Å². The molecule has 32 heavy (non-hydrogen) atoms. The summed E-state index contributed by atoms with van der Waals surface area (Å²) in [7, 11) is 2.24. The second-order valence-electron chi connectivity index (χ2n) is 9.99. The van der Waals surface area contributed by atoms with Crippen molar-refractivity contribution in [3.63, 3.8) is 0 Å². The highest BCUT2D eigenvalue weighted by Crippen LogP contribution is 2.36. The Labute approximate surface area is 201 Å². The summed E-state index contributed by atoms with van der Waals surface area (Å²) in [6, 6.07) is 8.09. The number of hydrogen-bond acceptors (Lipinski definition) is 3. The van der Waals surface area contributed by atoms with Crippen molar-refractivity contribution in [1.29, 1.82) is 0 Å². The van der Waals surface area contributed by atoms with Gasteiger partial charge in [-0.3, -0.25) is 9.59 Å². The van der Waals surface area contributed by atoms with E-state index in [1.165, 1.54) is 55.4 Å². The molecule has 2 rings (SSSR count). The second kappa shape index (κ2) is 14.1. The summed E-state index contributed by atoms with van der Waals surface area (Å²) in [4.78, 5) is 27.4. The van der Waals surface area contributed by atoms with Gasteiger partial charge in [0.05, 0.1) is 10.9 Å². The minimum Gasteiger partial charge on any atom is -0.274 e. The number of imide groups is 1. The number of thioether (sulfide) groups is 1. The Kier molecular flexibility index (Phi) is 11.9. The van der Waals surface area contributed by atoms with Gasteiger partial charge in [-0.2, -0.15) is 0 Å². The molecule has 0 bridgehead atoms. The van der Waals surface area contributed by atoms with Gasteiger partial charge in [0.15, 0.2) is 0 Å². The van der Waals surface area contributed by atoms with Gasteiger partial charge in [0, 0.05) is 11.7 Å². The maximum Gasteiger partial charge on any atom is 0.247 e. The van der Waals surface area contributed by atoms with Gasteiger partial charge >= 0.3 is 0 Å². The highest BCUT2D eigenvalue weighted by Gasteiger charge is 2.40. The molecule has 1 aromatic rings. The Hall–Kier alpha value is -1.23. The van der Waals surface area contributed by atoms with Gasteiger partial charge in [-0.15, -0.1) is 11.8 Å². The second-order valence-corrected chi connectivity index (χ2v) is 11.5. The molecular formula is C27H44BNO2S. The molecule has 0 N–H and O–H groups in total. The Bertz CT molecular complexity index is 706. The lowest BCUT2D eigenvalue weighted by atomic mass is 9.80. The van der Waals surface area contributed by atoms with Crippen molar-refractivity contribution in [1.82, 2.24) is 0 Å². The van der Waals surface area contributed by atoms with E-state index in [1.807, 2.05) is 12.1 Å². The highest BCUT2D eigenvalue weighted by atomic mass is 32.2. The zero-order valence-corrected chi connectivity index (χ0v) is 21.9. The molecule has 2 amide bonds. The Morgan fingerprint density at radius 3 is 2.16 bits per heavy atom. The average Bonchev–Trinajstić information content (AvgIpc) is 3.03. The average molecular weight is 458 g/mol. The molecule has 0 saturated carbocycles. The van der Waals surface area contributed by atoms with Crippen LogP contribution < -0.4 is 4.90 Å². The number of hydrogen-bond donors (Lipinski definition) is 0. The van der Waals surface area contributed by atoms with Gasteiger partial charge < -0.3 is 0 Å². The summed E-state index contributed by atoms with van der Waals surface area (Å²) < 4.78 is 0. The van der Waals surface area contributed by atoms with Crippen LogP contribution >= 0.6 is 11.8 Å². The van der Waals surface area contributed by atoms with Gasteiger partial charge in [-0.25, -0.2) is 4.90 Å². The normalized spacial score (nSPS) is 19.4. The third kappa shape index (κ3) is 8.28. The lowest BCUT2D eigenvalue weighted by Gasteiger charge is -2.21. The fourth-order valence-corrected chi connectivity index (χ4v) is 6.24. The first-order chi connectivity index (χ1) is 15.4. The molecule has 0 aromatic heterocycles. The van der Waals surface area contributed by atoms with E-state index in [0.717, 1.165) is 24.9 Å². The molecule has 1 saturated heterocycles. The number of nitrogens with zero attached hydrogens (tertiary/aromatic N) is 1. The van der Waals surface area contributed by atoms with Crippen LogP contribution in [0, 0.1) is 0 Å². The summed E-state index contributed by atoms with van der Waals surface area (Å²) in [5.74, 6) is 1.07. The molecule has 3 nitrogen and oxygen atoms in total. The smallest absolute Gasteiger partial charge is 0.247 e. The first-order valence-corrected chi connectivity index (χ1v) is 13.9. The summed E-state index contributed by atoms with van der Waals surface area (Å²) >= 11 is 1.77. The Morgan fingerprint density at radius 1 is 0.969 bits per heavy atom. The molecule has 4 atom stereocenters. The number of carbonyl (C=O) groups is 2. The first-order valence-electron chi connectivity index (χ1n) is 13.0. The maximum absolute atomic E-state index is 13.2. The van der Waals surface area contributed by atoms with Crippen LogP contribution in [0.3, 0.4) is 0 Å². The van der Waals surface area contributed by atoms with Crippen LogP contribution in [-0.4, -0.2) is 30.2 Å². The summed E-state index contributed by atoms with van der Waals surface area (Å²) in [5.41, 5.74) is 2.00. The number of carbonyl (C=O) groups excluding carboxylic acids is 2. The zero-order valence-electron chi connectivity index (χ0n) is 21.1. The molecule has 4 unspecified atom stereocenters. The minimum absolute atomic E-state index is 0.0166. The number of unbranched alkanes of at least 4 members (excludes halogenated alkanes) is 5. The maximum atomic E-state index is 13.2. The molecule has 0 spiro atoms. The van der Waals surface area contributed by atoms with Crippen LogP contribution in [0.15, 0.2) is 24.3 Å². The van der Waals surface area contributed by atoms with E-state index in [4.69, 9.17) is 0 Å². The monoisotopic (exact) mass is 457 g/mol. The quantitative estimate of drug-likeness (QED) is 0.163. The Balaban J connectivity index is 2.01. The van der Waals surface area contributed by atoms with Crippen molar-refractivity contribution in [2.75, 3.05) is 4.90 Å². The largest absolute Gasteiger partial charge is 0.274 e. The van der Waals surface area contributed by atoms with Gasteiger partial charge in [0.1, 0.15) is 7.85 Å². The fourth-order valence-electron chi connectivity index (χ4n) is 4.71.